The second-order valence-corrected chi connectivity index (χ2v) is 1.66. The van der Waals surface area contributed by atoms with Crippen LogP contribution < -0.4 is 24.8 Å². The van der Waals surface area contributed by atoms with E-state index in [1.165, 1.54) is 5.57 Å². The van der Waals surface area contributed by atoms with Crippen LogP contribution in [0.4, 0.5) is 0 Å². The summed E-state index contributed by atoms with van der Waals surface area (Å²) in [6.45, 7) is 2.15. The molecule has 0 unspecified atom stereocenters. The largest absolute Gasteiger partial charge is 3.00 e. The molecule has 0 N–H and O–H groups in total. The van der Waals surface area contributed by atoms with Crippen LogP contribution in [0, 0.1) is 6.08 Å². The maximum Gasteiger partial charge on any atom is 3.00 e. The van der Waals surface area contributed by atoms with Crippen molar-refractivity contribution in [2.75, 3.05) is 0 Å². The average Bonchev–Trinajstić information content (AvgIpc) is 2.14. The van der Waals surface area contributed by atoms with E-state index in [0.29, 0.717) is 0 Å². The predicted octanol–water partition coefficient (Wildman–Crippen LogP) is -3.91. The van der Waals surface area contributed by atoms with Crippen molar-refractivity contribution in [3.8, 4) is 0 Å². The van der Waals surface area contributed by atoms with Crippen molar-refractivity contribution < 1.29 is 51.0 Å². The average molecular weight is 255 g/mol. The molecule has 1 aliphatic carbocycles. The molecule has 1 aliphatic rings. The SMILES string of the molecule is CCC1=[C-]CC=C1.[Cl-].[Cl-].[Zr+3]. The predicted molar refractivity (Wildman–Crippen MR) is 30.8 cm³/mol. The van der Waals surface area contributed by atoms with E-state index in [4.69, 9.17) is 0 Å². The summed E-state index contributed by atoms with van der Waals surface area (Å²) in [6.07, 6.45) is 9.65. The zero-order valence-corrected chi connectivity index (χ0v) is 9.79. The van der Waals surface area contributed by atoms with Gasteiger partial charge >= 0.3 is 26.2 Å². The fourth-order valence-corrected chi connectivity index (χ4v) is 0.693. The van der Waals surface area contributed by atoms with Gasteiger partial charge in [-0.3, -0.25) is 6.08 Å². The van der Waals surface area contributed by atoms with Crippen LogP contribution in [0.15, 0.2) is 17.7 Å². The quantitative estimate of drug-likeness (QED) is 0.420. The van der Waals surface area contributed by atoms with E-state index in [1.54, 1.807) is 0 Å². The van der Waals surface area contributed by atoms with Crippen molar-refractivity contribution in [3.05, 3.63) is 23.8 Å². The summed E-state index contributed by atoms with van der Waals surface area (Å²) >= 11 is 0. The standard InChI is InChI=1S/C7H9.2ClH.Zr/c1-2-7-5-3-4-6-7;;;/h3,5H,2,4H2,1H3;2*1H;/q-1;;;+3/p-2. The minimum absolute atomic E-state index is 0. The van der Waals surface area contributed by atoms with Crippen molar-refractivity contribution in [3.63, 3.8) is 0 Å². The van der Waals surface area contributed by atoms with Gasteiger partial charge in [0.05, 0.1) is 0 Å². The Balaban J connectivity index is -0.000000163. The smallest absolute Gasteiger partial charge is 1.00 e. The molecule has 55 valence electrons. The maximum absolute atomic E-state index is 3.21. The molecule has 0 aromatic heterocycles. The van der Waals surface area contributed by atoms with Gasteiger partial charge in [-0.05, 0) is 0 Å². The van der Waals surface area contributed by atoms with Crippen LogP contribution in [-0.2, 0) is 26.2 Å². The van der Waals surface area contributed by atoms with Crippen LogP contribution in [0.5, 0.6) is 0 Å². The molecule has 0 aromatic carbocycles. The molecule has 0 saturated heterocycles. The second kappa shape index (κ2) is 9.94. The van der Waals surface area contributed by atoms with Crippen LogP contribution in [0.3, 0.4) is 0 Å². The van der Waals surface area contributed by atoms with Crippen molar-refractivity contribution in [1.29, 1.82) is 0 Å². The molecule has 0 nitrogen and oxygen atoms in total. The van der Waals surface area contributed by atoms with Gasteiger partial charge in [-0.2, -0.15) is 6.08 Å². The van der Waals surface area contributed by atoms with E-state index < -0.39 is 0 Å². The monoisotopic (exact) mass is 253 g/mol. The summed E-state index contributed by atoms with van der Waals surface area (Å²) in [5, 5.41) is 0. The van der Waals surface area contributed by atoms with E-state index in [0.717, 1.165) is 12.8 Å². The van der Waals surface area contributed by atoms with Gasteiger partial charge in [0, 0.05) is 0 Å². The van der Waals surface area contributed by atoms with E-state index in [1.807, 2.05) is 0 Å². The summed E-state index contributed by atoms with van der Waals surface area (Å²) in [4.78, 5) is 0. The Labute approximate surface area is 94.1 Å². The molecular weight excluding hydrogens is 246 g/mol. The molecule has 0 spiro atoms. The molecule has 0 aromatic rings. The third kappa shape index (κ3) is 5.71. The fourth-order valence-electron chi connectivity index (χ4n) is 0.693. The Bertz CT molecular complexity index is 119. The number of hydrogen-bond donors (Lipinski definition) is 0. The maximum atomic E-state index is 3.21. The van der Waals surface area contributed by atoms with Gasteiger partial charge in [0.15, 0.2) is 0 Å². The van der Waals surface area contributed by atoms with Gasteiger partial charge in [0.2, 0.25) is 0 Å². The first-order valence-corrected chi connectivity index (χ1v) is 2.69. The summed E-state index contributed by atoms with van der Waals surface area (Å²) in [6, 6.07) is 0. The Morgan fingerprint density at radius 3 is 2.30 bits per heavy atom. The van der Waals surface area contributed by atoms with E-state index in [2.05, 4.69) is 25.2 Å². The summed E-state index contributed by atoms with van der Waals surface area (Å²) < 4.78 is 0. The molecule has 0 fully saturated rings. The third-order valence-electron chi connectivity index (χ3n) is 1.15. The Hall–Kier alpha value is 0.943. The molecule has 0 saturated carbocycles. The van der Waals surface area contributed by atoms with Crippen LogP contribution in [-0.4, -0.2) is 0 Å². The van der Waals surface area contributed by atoms with Crippen molar-refractivity contribution >= 4 is 0 Å². The van der Waals surface area contributed by atoms with E-state index in [9.17, 15) is 0 Å². The molecule has 0 heterocycles. The Morgan fingerprint density at radius 2 is 2.10 bits per heavy atom. The van der Waals surface area contributed by atoms with Gasteiger partial charge in [-0.1, -0.05) is 13.3 Å². The van der Waals surface area contributed by atoms with Gasteiger partial charge < -0.3 is 24.8 Å². The van der Waals surface area contributed by atoms with Crippen LogP contribution in [0.25, 0.3) is 0 Å². The summed E-state index contributed by atoms with van der Waals surface area (Å²) in [5.41, 5.74) is 1.36. The minimum Gasteiger partial charge on any atom is -1.00 e. The Morgan fingerprint density at radius 1 is 1.50 bits per heavy atom. The number of allylic oxidation sites excluding steroid dienone is 4. The summed E-state index contributed by atoms with van der Waals surface area (Å²) in [5.74, 6) is 0. The van der Waals surface area contributed by atoms with Gasteiger partial charge in [-0.15, -0.1) is 6.42 Å². The first-order chi connectivity index (χ1) is 3.43. The molecule has 0 aliphatic heterocycles. The zero-order chi connectivity index (χ0) is 5.11. The number of hydrogen-bond acceptors (Lipinski definition) is 0. The topological polar surface area (TPSA) is 0 Å². The molecule has 0 bridgehead atoms. The van der Waals surface area contributed by atoms with Crippen molar-refractivity contribution in [2.24, 2.45) is 0 Å². The molecule has 0 atom stereocenters. The number of rotatable bonds is 1. The summed E-state index contributed by atoms with van der Waals surface area (Å²) in [7, 11) is 0. The third-order valence-corrected chi connectivity index (χ3v) is 1.15. The van der Waals surface area contributed by atoms with E-state index in [-0.39, 0.29) is 51.0 Å². The number of halogens is 2. The van der Waals surface area contributed by atoms with Crippen LogP contribution in [0.1, 0.15) is 19.8 Å². The molecular formula is C7H9Cl2Zr. The van der Waals surface area contributed by atoms with Crippen molar-refractivity contribution in [2.45, 2.75) is 19.8 Å². The van der Waals surface area contributed by atoms with Crippen LogP contribution in [0.2, 0.25) is 0 Å². The second-order valence-electron chi connectivity index (χ2n) is 1.66. The molecule has 1 radical (unpaired) electrons. The first-order valence-electron chi connectivity index (χ1n) is 2.69. The Kier molecular flexibility index (Phi) is 17.1. The minimum atomic E-state index is 0. The molecule has 10 heavy (non-hydrogen) atoms. The fraction of sp³-hybridized carbons (Fsp3) is 0.429. The first kappa shape index (κ1) is 17.1. The van der Waals surface area contributed by atoms with Gasteiger partial charge in [0.25, 0.3) is 0 Å². The molecule has 1 rings (SSSR count). The van der Waals surface area contributed by atoms with Crippen LogP contribution >= 0.6 is 0 Å². The zero-order valence-electron chi connectivity index (χ0n) is 5.82. The molecule has 0 amide bonds. The van der Waals surface area contributed by atoms with Crippen molar-refractivity contribution in [1.82, 2.24) is 0 Å². The normalized spacial score (nSPS) is 12.3. The van der Waals surface area contributed by atoms with Gasteiger partial charge in [-0.25, -0.2) is 11.6 Å². The molecule has 3 heteroatoms. The van der Waals surface area contributed by atoms with E-state index >= 15 is 0 Å². The van der Waals surface area contributed by atoms with Gasteiger partial charge in [0.1, 0.15) is 0 Å².